The molecule has 1 aliphatic carbocycles. The molecule has 4 heteroatoms. The smallest absolute Gasteiger partial charge is 0.223 e. The topological polar surface area (TPSA) is 45.2 Å². The minimum atomic E-state index is 0.310. The molecule has 1 aromatic rings. The minimum Gasteiger partial charge on any atom is -0.338 e. The molecule has 20 heavy (non-hydrogen) atoms. The first kappa shape index (κ1) is 13.6. The molecule has 2 fully saturated rings. The molecule has 1 atom stereocenters. The number of aromatic nitrogens is 1. The highest BCUT2D eigenvalue weighted by molar-refractivity contribution is 5.77. The summed E-state index contributed by atoms with van der Waals surface area (Å²) in [6.45, 7) is 2.00. The normalized spacial score (nSPS) is 21.9. The van der Waals surface area contributed by atoms with E-state index in [2.05, 4.69) is 15.2 Å². The van der Waals surface area contributed by atoms with Gasteiger partial charge in [0.25, 0.3) is 0 Å². The second-order valence-corrected chi connectivity index (χ2v) is 5.93. The van der Waals surface area contributed by atoms with Crippen LogP contribution in [0.25, 0.3) is 0 Å². The van der Waals surface area contributed by atoms with Gasteiger partial charge in [-0.2, -0.15) is 0 Å². The quantitative estimate of drug-likeness (QED) is 0.859. The molecular weight excluding hydrogens is 250 g/mol. The summed E-state index contributed by atoms with van der Waals surface area (Å²) in [5.41, 5.74) is 1.15. The molecule has 1 saturated carbocycles. The fraction of sp³-hybridized carbons (Fsp3) is 0.625. The average molecular weight is 273 g/mol. The van der Waals surface area contributed by atoms with Gasteiger partial charge in [-0.15, -0.1) is 0 Å². The van der Waals surface area contributed by atoms with E-state index in [4.69, 9.17) is 0 Å². The lowest BCUT2D eigenvalue weighted by Crippen LogP contribution is -2.42. The second-order valence-electron chi connectivity index (χ2n) is 5.93. The Kier molecular flexibility index (Phi) is 4.31. The molecule has 1 N–H and O–H groups in total. The zero-order valence-corrected chi connectivity index (χ0v) is 11.9. The van der Waals surface area contributed by atoms with Gasteiger partial charge < -0.3 is 10.2 Å². The number of nitrogens with zero attached hydrogens (tertiary/aromatic N) is 2. The number of carbonyl (C=O) groups is 1. The van der Waals surface area contributed by atoms with E-state index in [1.165, 1.54) is 25.7 Å². The van der Waals surface area contributed by atoms with Crippen LogP contribution in [0.3, 0.4) is 0 Å². The maximum Gasteiger partial charge on any atom is 0.223 e. The van der Waals surface area contributed by atoms with Crippen LogP contribution in [0.2, 0.25) is 0 Å². The highest BCUT2D eigenvalue weighted by Crippen LogP contribution is 2.28. The highest BCUT2D eigenvalue weighted by Gasteiger charge is 2.34. The number of rotatable bonds is 6. The van der Waals surface area contributed by atoms with Crippen LogP contribution in [-0.4, -0.2) is 41.0 Å². The zero-order valence-electron chi connectivity index (χ0n) is 11.9. The monoisotopic (exact) mass is 273 g/mol. The Hall–Kier alpha value is -1.42. The lowest BCUT2D eigenvalue weighted by Gasteiger charge is -2.26. The number of hydrogen-bond acceptors (Lipinski definition) is 3. The van der Waals surface area contributed by atoms with Crippen molar-refractivity contribution in [3.63, 3.8) is 0 Å². The summed E-state index contributed by atoms with van der Waals surface area (Å²) in [4.78, 5) is 18.7. The van der Waals surface area contributed by atoms with E-state index >= 15 is 0 Å². The van der Waals surface area contributed by atoms with Gasteiger partial charge >= 0.3 is 0 Å². The summed E-state index contributed by atoms with van der Waals surface area (Å²) in [6, 6.07) is 5.00. The Morgan fingerprint density at radius 1 is 1.40 bits per heavy atom. The molecule has 2 aliphatic rings. The minimum absolute atomic E-state index is 0.310. The fourth-order valence-corrected chi connectivity index (χ4v) is 2.93. The number of carbonyl (C=O) groups excluding carboxylic acids is 1. The van der Waals surface area contributed by atoms with Gasteiger partial charge in [-0.25, -0.2) is 0 Å². The van der Waals surface area contributed by atoms with Crippen LogP contribution in [0.5, 0.6) is 0 Å². The third-order valence-corrected chi connectivity index (χ3v) is 4.24. The van der Waals surface area contributed by atoms with Crippen LogP contribution in [0.1, 0.15) is 37.7 Å². The Balaban J connectivity index is 1.52. The van der Waals surface area contributed by atoms with Crippen LogP contribution in [0, 0.1) is 0 Å². The summed E-state index contributed by atoms with van der Waals surface area (Å²) in [7, 11) is 0. The molecule has 1 unspecified atom stereocenters. The van der Waals surface area contributed by atoms with Crippen LogP contribution < -0.4 is 5.32 Å². The van der Waals surface area contributed by atoms with Gasteiger partial charge in [0, 0.05) is 37.4 Å². The summed E-state index contributed by atoms with van der Waals surface area (Å²) in [5, 5.41) is 3.49. The average Bonchev–Trinajstić information content (AvgIpc) is 3.20. The number of hydrogen-bond donors (Lipinski definition) is 1. The second kappa shape index (κ2) is 6.35. The van der Waals surface area contributed by atoms with Crippen LogP contribution in [0.15, 0.2) is 24.5 Å². The molecule has 4 nitrogen and oxygen atoms in total. The molecule has 2 heterocycles. The Labute approximate surface area is 120 Å². The van der Waals surface area contributed by atoms with Crippen molar-refractivity contribution in [3.8, 4) is 0 Å². The van der Waals surface area contributed by atoms with Gasteiger partial charge in [0.05, 0.1) is 0 Å². The van der Waals surface area contributed by atoms with Crippen LogP contribution in [0.4, 0.5) is 0 Å². The fourth-order valence-electron chi connectivity index (χ4n) is 2.93. The number of nitrogens with one attached hydrogen (secondary N) is 1. The maximum atomic E-state index is 12.5. The van der Waals surface area contributed by atoms with E-state index in [0.29, 0.717) is 24.4 Å². The SMILES string of the molecule is O=C(CCc1cccnc1)N(CC1CCCN1)C1CC1. The Morgan fingerprint density at radius 2 is 2.30 bits per heavy atom. The lowest BCUT2D eigenvalue weighted by molar-refractivity contribution is -0.132. The van der Waals surface area contributed by atoms with Crippen molar-refractivity contribution < 1.29 is 4.79 Å². The molecule has 0 bridgehead atoms. The Morgan fingerprint density at radius 3 is 2.95 bits per heavy atom. The molecule has 1 aromatic heterocycles. The van der Waals surface area contributed by atoms with Crippen molar-refractivity contribution in [2.75, 3.05) is 13.1 Å². The maximum absolute atomic E-state index is 12.5. The summed E-state index contributed by atoms with van der Waals surface area (Å²) in [5.74, 6) is 0.310. The van der Waals surface area contributed by atoms with E-state index in [1.807, 2.05) is 18.3 Å². The molecular formula is C16H23N3O. The van der Waals surface area contributed by atoms with E-state index in [-0.39, 0.29) is 0 Å². The van der Waals surface area contributed by atoms with Crippen LogP contribution in [-0.2, 0) is 11.2 Å². The lowest BCUT2D eigenvalue weighted by atomic mass is 10.1. The van der Waals surface area contributed by atoms with E-state index in [0.717, 1.165) is 25.1 Å². The summed E-state index contributed by atoms with van der Waals surface area (Å²) >= 11 is 0. The van der Waals surface area contributed by atoms with Crippen molar-refractivity contribution in [1.82, 2.24) is 15.2 Å². The van der Waals surface area contributed by atoms with Crippen molar-refractivity contribution >= 4 is 5.91 Å². The number of amides is 1. The highest BCUT2D eigenvalue weighted by atomic mass is 16.2. The summed E-state index contributed by atoms with van der Waals surface area (Å²) in [6.07, 6.45) is 9.85. The third kappa shape index (κ3) is 3.57. The molecule has 3 rings (SSSR count). The molecule has 0 spiro atoms. The van der Waals surface area contributed by atoms with E-state index < -0.39 is 0 Å². The Bertz CT molecular complexity index is 438. The zero-order chi connectivity index (χ0) is 13.8. The van der Waals surface area contributed by atoms with Crippen molar-refractivity contribution in [2.45, 2.75) is 50.6 Å². The standard InChI is InChI=1S/C16H23N3O/c20-16(8-5-13-3-1-9-17-11-13)19(15-6-7-15)12-14-4-2-10-18-14/h1,3,9,11,14-15,18H,2,4-8,10,12H2. The summed E-state index contributed by atoms with van der Waals surface area (Å²) < 4.78 is 0. The van der Waals surface area contributed by atoms with Gasteiger partial charge in [0.2, 0.25) is 5.91 Å². The predicted octanol–water partition coefficient (Wildman–Crippen LogP) is 1.76. The predicted molar refractivity (Wildman–Crippen MR) is 78.3 cm³/mol. The molecule has 1 saturated heterocycles. The van der Waals surface area contributed by atoms with Crippen molar-refractivity contribution in [1.29, 1.82) is 0 Å². The molecule has 1 aliphatic heterocycles. The first-order chi connectivity index (χ1) is 9.83. The van der Waals surface area contributed by atoms with Crippen molar-refractivity contribution in [2.24, 2.45) is 0 Å². The van der Waals surface area contributed by atoms with Gasteiger partial charge in [-0.1, -0.05) is 6.07 Å². The van der Waals surface area contributed by atoms with Gasteiger partial charge in [-0.3, -0.25) is 9.78 Å². The van der Waals surface area contributed by atoms with Crippen molar-refractivity contribution in [3.05, 3.63) is 30.1 Å². The van der Waals surface area contributed by atoms with Gasteiger partial charge in [0.1, 0.15) is 0 Å². The number of aryl methyl sites for hydroxylation is 1. The molecule has 0 aromatic carbocycles. The first-order valence-electron chi connectivity index (χ1n) is 7.74. The van der Waals surface area contributed by atoms with Crippen LogP contribution >= 0.6 is 0 Å². The largest absolute Gasteiger partial charge is 0.338 e. The first-order valence-corrected chi connectivity index (χ1v) is 7.74. The molecule has 0 radical (unpaired) electrons. The van der Waals surface area contributed by atoms with E-state index in [9.17, 15) is 4.79 Å². The number of pyridine rings is 1. The van der Waals surface area contributed by atoms with Gasteiger partial charge in [0.15, 0.2) is 0 Å². The molecule has 108 valence electrons. The third-order valence-electron chi connectivity index (χ3n) is 4.24. The van der Waals surface area contributed by atoms with E-state index in [1.54, 1.807) is 6.20 Å². The molecule has 1 amide bonds. The van der Waals surface area contributed by atoms with Gasteiger partial charge in [-0.05, 0) is 50.3 Å².